The van der Waals surface area contributed by atoms with Gasteiger partial charge in [-0.3, -0.25) is 4.98 Å². The molecule has 1 heterocycles. The molecular weight excluding hydrogens is 244 g/mol. The van der Waals surface area contributed by atoms with Crippen molar-refractivity contribution in [2.45, 2.75) is 13.0 Å². The topological polar surface area (TPSA) is 16.8 Å². The lowest BCUT2D eigenvalue weighted by Crippen LogP contribution is -2.38. The summed E-state index contributed by atoms with van der Waals surface area (Å²) >= 11 is 0. The van der Waals surface area contributed by atoms with E-state index >= 15 is 0 Å². The van der Waals surface area contributed by atoms with Crippen LogP contribution >= 0.6 is 0 Å². The molecule has 0 N–H and O–H groups in total. The van der Waals surface area contributed by atoms with Gasteiger partial charge in [0.2, 0.25) is 5.69 Å². The van der Waals surface area contributed by atoms with Crippen LogP contribution in [-0.2, 0) is 13.0 Å². The first kappa shape index (κ1) is 12.5. The summed E-state index contributed by atoms with van der Waals surface area (Å²) in [5, 5.41) is 0. The second kappa shape index (κ2) is 6.11. The van der Waals surface area contributed by atoms with Gasteiger partial charge in [-0.15, -0.1) is 0 Å². The molecule has 0 amide bonds. The van der Waals surface area contributed by atoms with Crippen molar-refractivity contribution in [2.24, 2.45) is 0 Å². The van der Waals surface area contributed by atoms with Crippen molar-refractivity contribution in [2.75, 3.05) is 0 Å². The summed E-state index contributed by atoms with van der Waals surface area (Å²) in [6, 6.07) is 21.0. The lowest BCUT2D eigenvalue weighted by atomic mass is 10.1. The maximum atomic E-state index is 4.26. The molecule has 0 radical (unpaired) electrons. The van der Waals surface area contributed by atoms with Crippen LogP contribution in [0, 0.1) is 0 Å². The SMILES string of the molecule is c1ccc(Cc2cncc[n+]2Cc2ccccc2)cc1. The second-order valence-corrected chi connectivity index (χ2v) is 4.84. The molecular formula is C18H17N2+. The zero-order chi connectivity index (χ0) is 13.6. The van der Waals surface area contributed by atoms with Crippen molar-refractivity contribution >= 4 is 0 Å². The Morgan fingerprint density at radius 1 is 0.800 bits per heavy atom. The van der Waals surface area contributed by atoms with Crippen LogP contribution in [0.2, 0.25) is 0 Å². The number of nitrogens with zero attached hydrogens (tertiary/aromatic N) is 2. The molecule has 0 fully saturated rings. The van der Waals surface area contributed by atoms with Crippen molar-refractivity contribution in [3.63, 3.8) is 0 Å². The van der Waals surface area contributed by atoms with Crippen LogP contribution in [-0.4, -0.2) is 4.98 Å². The minimum atomic E-state index is 0.880. The summed E-state index contributed by atoms with van der Waals surface area (Å²) in [6.45, 7) is 0.880. The summed E-state index contributed by atoms with van der Waals surface area (Å²) in [5.41, 5.74) is 3.84. The van der Waals surface area contributed by atoms with Gasteiger partial charge in [-0.05, 0) is 5.56 Å². The maximum Gasteiger partial charge on any atom is 0.204 e. The zero-order valence-electron chi connectivity index (χ0n) is 11.3. The predicted octanol–water partition coefficient (Wildman–Crippen LogP) is 3.01. The molecule has 2 heteroatoms. The zero-order valence-corrected chi connectivity index (χ0v) is 11.3. The third-order valence-corrected chi connectivity index (χ3v) is 3.35. The molecule has 0 saturated carbocycles. The minimum absolute atomic E-state index is 0.880. The molecule has 98 valence electrons. The molecule has 0 spiro atoms. The number of rotatable bonds is 4. The van der Waals surface area contributed by atoms with Gasteiger partial charge in [0.1, 0.15) is 0 Å². The second-order valence-electron chi connectivity index (χ2n) is 4.84. The Hall–Kier alpha value is -2.48. The van der Waals surface area contributed by atoms with Gasteiger partial charge < -0.3 is 0 Å². The van der Waals surface area contributed by atoms with Crippen LogP contribution in [0.5, 0.6) is 0 Å². The van der Waals surface area contributed by atoms with Gasteiger partial charge in [-0.25, -0.2) is 0 Å². The highest BCUT2D eigenvalue weighted by Gasteiger charge is 2.11. The molecule has 2 nitrogen and oxygen atoms in total. The van der Waals surface area contributed by atoms with Gasteiger partial charge in [-0.1, -0.05) is 60.7 Å². The van der Waals surface area contributed by atoms with Crippen molar-refractivity contribution < 1.29 is 4.57 Å². The van der Waals surface area contributed by atoms with E-state index in [2.05, 4.69) is 58.1 Å². The number of benzene rings is 2. The average molecular weight is 261 g/mol. The Labute approximate surface area is 119 Å². The van der Waals surface area contributed by atoms with E-state index in [9.17, 15) is 0 Å². The third-order valence-electron chi connectivity index (χ3n) is 3.35. The molecule has 0 aliphatic heterocycles. The third kappa shape index (κ3) is 3.09. The van der Waals surface area contributed by atoms with Crippen molar-refractivity contribution in [3.05, 3.63) is 96.1 Å². The van der Waals surface area contributed by atoms with E-state index in [-0.39, 0.29) is 0 Å². The van der Waals surface area contributed by atoms with Crippen LogP contribution in [0.4, 0.5) is 0 Å². The summed E-state index contributed by atoms with van der Waals surface area (Å²) in [7, 11) is 0. The molecule has 3 rings (SSSR count). The number of aromatic nitrogens is 2. The largest absolute Gasteiger partial charge is 0.252 e. The first-order valence-corrected chi connectivity index (χ1v) is 6.82. The minimum Gasteiger partial charge on any atom is -0.252 e. The highest BCUT2D eigenvalue weighted by Crippen LogP contribution is 2.05. The average Bonchev–Trinajstić information content (AvgIpc) is 2.51. The highest BCUT2D eigenvalue weighted by molar-refractivity contribution is 5.19. The molecule has 0 aliphatic rings. The number of hydrogen-bond donors (Lipinski definition) is 0. The Balaban J connectivity index is 1.85. The van der Waals surface area contributed by atoms with Gasteiger partial charge in [0.25, 0.3) is 0 Å². The Morgan fingerprint density at radius 3 is 2.15 bits per heavy atom. The summed E-state index contributed by atoms with van der Waals surface area (Å²) in [6.07, 6.45) is 6.75. The molecule has 20 heavy (non-hydrogen) atoms. The van der Waals surface area contributed by atoms with E-state index in [1.165, 1.54) is 16.8 Å². The van der Waals surface area contributed by atoms with E-state index in [0.29, 0.717) is 0 Å². The van der Waals surface area contributed by atoms with E-state index in [1.54, 1.807) is 0 Å². The molecule has 0 unspecified atom stereocenters. The van der Waals surface area contributed by atoms with Crippen LogP contribution in [0.1, 0.15) is 16.8 Å². The van der Waals surface area contributed by atoms with E-state index in [0.717, 1.165) is 13.0 Å². The van der Waals surface area contributed by atoms with Crippen LogP contribution < -0.4 is 4.57 Å². The normalized spacial score (nSPS) is 10.4. The molecule has 3 aromatic rings. The van der Waals surface area contributed by atoms with Crippen LogP contribution in [0.15, 0.2) is 79.3 Å². The summed E-state index contributed by atoms with van der Waals surface area (Å²) in [5.74, 6) is 0. The molecule has 0 saturated heterocycles. The lowest BCUT2D eigenvalue weighted by Gasteiger charge is -2.04. The first-order chi connectivity index (χ1) is 9.92. The maximum absolute atomic E-state index is 4.26. The summed E-state index contributed by atoms with van der Waals surface area (Å²) < 4.78 is 2.26. The molecule has 0 aliphatic carbocycles. The fourth-order valence-electron chi connectivity index (χ4n) is 2.30. The first-order valence-electron chi connectivity index (χ1n) is 6.82. The van der Waals surface area contributed by atoms with Crippen molar-refractivity contribution in [3.8, 4) is 0 Å². The van der Waals surface area contributed by atoms with Gasteiger partial charge in [0, 0.05) is 5.56 Å². The quantitative estimate of drug-likeness (QED) is 0.660. The lowest BCUT2D eigenvalue weighted by molar-refractivity contribution is -0.695. The van der Waals surface area contributed by atoms with Crippen LogP contribution in [0.25, 0.3) is 0 Å². The van der Waals surface area contributed by atoms with Gasteiger partial charge >= 0.3 is 0 Å². The van der Waals surface area contributed by atoms with Gasteiger partial charge in [-0.2, -0.15) is 4.57 Å². The van der Waals surface area contributed by atoms with Crippen molar-refractivity contribution in [1.82, 2.24) is 4.98 Å². The standard InChI is InChI=1S/C18H17N2/c1-3-7-16(8-4-1)13-18-14-19-11-12-20(18)15-17-9-5-2-6-10-17/h1-12,14H,13,15H2/q+1. The van der Waals surface area contributed by atoms with Gasteiger partial charge in [0.05, 0.1) is 18.8 Å². The van der Waals surface area contributed by atoms with Crippen LogP contribution in [0.3, 0.4) is 0 Å². The predicted molar refractivity (Wildman–Crippen MR) is 79.2 cm³/mol. The Kier molecular flexibility index (Phi) is 3.83. The fourth-order valence-corrected chi connectivity index (χ4v) is 2.30. The molecule has 2 aromatic carbocycles. The van der Waals surface area contributed by atoms with E-state index < -0.39 is 0 Å². The Bertz CT molecular complexity index is 603. The highest BCUT2D eigenvalue weighted by atomic mass is 15.0. The Morgan fingerprint density at radius 2 is 1.45 bits per heavy atom. The monoisotopic (exact) mass is 261 g/mol. The van der Waals surface area contributed by atoms with Crippen molar-refractivity contribution in [1.29, 1.82) is 0 Å². The molecule has 0 bridgehead atoms. The van der Waals surface area contributed by atoms with E-state index in [4.69, 9.17) is 0 Å². The fraction of sp³-hybridized carbons (Fsp3) is 0.111. The smallest absolute Gasteiger partial charge is 0.204 e. The summed E-state index contributed by atoms with van der Waals surface area (Å²) in [4.78, 5) is 4.26. The number of hydrogen-bond acceptors (Lipinski definition) is 1. The van der Waals surface area contributed by atoms with Gasteiger partial charge in [0.15, 0.2) is 12.7 Å². The molecule has 0 atom stereocenters. The van der Waals surface area contributed by atoms with E-state index in [1.807, 2.05) is 30.7 Å². The molecule has 1 aromatic heterocycles.